The number of anilines is 6. The van der Waals surface area contributed by atoms with Crippen molar-refractivity contribution < 1.29 is 4.57 Å². The van der Waals surface area contributed by atoms with Gasteiger partial charge in [0.15, 0.2) is 7.14 Å². The zero-order valence-corrected chi connectivity index (χ0v) is 26.0. The first kappa shape index (κ1) is 27.9. The van der Waals surface area contributed by atoms with Crippen LogP contribution in [0.25, 0.3) is 11.1 Å². The smallest absolute Gasteiger partial charge is 0.172 e. The highest BCUT2D eigenvalue weighted by Gasteiger charge is 2.41. The zero-order chi connectivity index (χ0) is 30.9. The molecule has 3 nitrogen and oxygen atoms in total. The minimum Gasteiger partial charge on any atom is -0.310 e. The van der Waals surface area contributed by atoms with E-state index in [1.807, 2.05) is 54.6 Å². The summed E-state index contributed by atoms with van der Waals surface area (Å²) in [4.78, 5) is 4.52. The first-order valence-electron chi connectivity index (χ1n) is 15.5. The van der Waals surface area contributed by atoms with Gasteiger partial charge in [-0.15, -0.1) is 0 Å². The summed E-state index contributed by atoms with van der Waals surface area (Å²) in [5, 5.41) is 2.60. The van der Waals surface area contributed by atoms with Crippen LogP contribution in [0.3, 0.4) is 0 Å². The first-order chi connectivity index (χ1) is 22.7. The van der Waals surface area contributed by atoms with Gasteiger partial charge in [0.25, 0.3) is 0 Å². The minimum atomic E-state index is -3.13. The summed E-state index contributed by atoms with van der Waals surface area (Å²) in [6, 6.07) is 64.4. The number of hydrogen-bond acceptors (Lipinski definition) is 3. The van der Waals surface area contributed by atoms with E-state index in [2.05, 4.69) is 143 Å². The lowest BCUT2D eigenvalue weighted by molar-refractivity contribution is 0.593. The highest BCUT2D eigenvalue weighted by Crippen LogP contribution is 2.54. The van der Waals surface area contributed by atoms with Gasteiger partial charge in [0.05, 0.1) is 0 Å². The highest BCUT2D eigenvalue weighted by atomic mass is 31.2. The molecule has 0 aliphatic carbocycles. The molecule has 1 aliphatic heterocycles. The lowest BCUT2D eigenvalue weighted by Crippen LogP contribution is -2.21. The Kier molecular flexibility index (Phi) is 7.10. The quantitative estimate of drug-likeness (QED) is 0.168. The molecule has 0 unspecified atom stereocenters. The van der Waals surface area contributed by atoms with Gasteiger partial charge in [-0.3, -0.25) is 0 Å². The Balaban J connectivity index is 1.36. The summed E-state index contributed by atoms with van der Waals surface area (Å²) >= 11 is 0. The molecule has 0 bridgehead atoms. The number of nitrogens with zero attached hydrogens (tertiary/aromatic N) is 2. The number of fused-ring (bicyclic) bond motifs is 3. The lowest BCUT2D eigenvalue weighted by Gasteiger charge is -2.26. The molecule has 0 amide bonds. The summed E-state index contributed by atoms with van der Waals surface area (Å²) in [6.07, 6.45) is 0. The molecule has 8 rings (SSSR count). The summed E-state index contributed by atoms with van der Waals surface area (Å²) in [6.45, 7) is 0. The Hall–Kier alpha value is -5.63. The highest BCUT2D eigenvalue weighted by molar-refractivity contribution is 7.86. The summed E-state index contributed by atoms with van der Waals surface area (Å²) in [5.41, 5.74) is 8.27. The van der Waals surface area contributed by atoms with Crippen molar-refractivity contribution in [2.75, 3.05) is 9.80 Å². The largest absolute Gasteiger partial charge is 0.310 e. The third-order valence-electron chi connectivity index (χ3n) is 8.62. The first-order valence-corrected chi connectivity index (χ1v) is 17.2. The van der Waals surface area contributed by atoms with E-state index in [4.69, 9.17) is 0 Å². The van der Waals surface area contributed by atoms with Gasteiger partial charge in [0.2, 0.25) is 0 Å². The maximum Gasteiger partial charge on any atom is 0.172 e. The van der Waals surface area contributed by atoms with E-state index in [1.165, 1.54) is 0 Å². The molecule has 4 heteroatoms. The van der Waals surface area contributed by atoms with E-state index in [-0.39, 0.29) is 0 Å². The average Bonchev–Trinajstić information content (AvgIpc) is 3.38. The molecular weight excluding hydrogens is 579 g/mol. The van der Waals surface area contributed by atoms with E-state index < -0.39 is 7.14 Å². The molecule has 7 aromatic carbocycles. The Morgan fingerprint density at radius 2 is 0.630 bits per heavy atom. The van der Waals surface area contributed by atoms with E-state index in [0.29, 0.717) is 0 Å². The van der Waals surface area contributed by atoms with Crippen molar-refractivity contribution in [1.82, 2.24) is 0 Å². The number of hydrogen-bond donors (Lipinski definition) is 0. The van der Waals surface area contributed by atoms with Crippen molar-refractivity contribution in [3.05, 3.63) is 188 Å². The molecular formula is C42H31N2OP. The predicted molar refractivity (Wildman–Crippen MR) is 194 cm³/mol. The van der Waals surface area contributed by atoms with Crippen LogP contribution >= 0.6 is 7.14 Å². The SMILES string of the molecule is O=P1(c2ccccc2)c2ccc(N(c3ccccc3)c3ccccc3)cc2-c2cc(N(c3ccccc3)c3ccccc3)ccc21. The predicted octanol–water partition coefficient (Wildman–Crippen LogP) is 10.2. The molecule has 1 heterocycles. The fourth-order valence-electron chi connectivity index (χ4n) is 6.56. The van der Waals surface area contributed by atoms with Crippen LogP contribution in [0.15, 0.2) is 188 Å². The van der Waals surface area contributed by atoms with Crippen molar-refractivity contribution in [2.45, 2.75) is 0 Å². The van der Waals surface area contributed by atoms with Crippen LogP contribution in [0, 0.1) is 0 Å². The Bertz CT molecular complexity index is 1960. The standard InChI is InChI=1S/C42H31N2OP/c45-46(38-24-14-5-15-25-38)41-28-26-36(43(32-16-6-1-7-17-32)33-18-8-2-9-19-33)30-39(41)40-31-37(27-29-42(40)46)44(34-20-10-3-11-21-34)35-22-12-4-13-23-35/h1-31H. The van der Waals surface area contributed by atoms with Crippen molar-refractivity contribution >= 4 is 57.2 Å². The zero-order valence-electron chi connectivity index (χ0n) is 25.1. The van der Waals surface area contributed by atoms with Gasteiger partial charge in [-0.05, 0) is 96.1 Å². The minimum absolute atomic E-state index is 0.849. The van der Waals surface area contributed by atoms with Gasteiger partial charge < -0.3 is 14.4 Å². The lowest BCUT2D eigenvalue weighted by atomic mass is 10.0. The monoisotopic (exact) mass is 610 g/mol. The molecule has 0 saturated carbocycles. The van der Waals surface area contributed by atoms with E-state index in [0.717, 1.165) is 61.2 Å². The fourth-order valence-corrected chi connectivity index (χ4v) is 9.58. The van der Waals surface area contributed by atoms with E-state index in [1.54, 1.807) is 0 Å². The molecule has 0 aromatic heterocycles. The van der Waals surface area contributed by atoms with Crippen molar-refractivity contribution in [2.24, 2.45) is 0 Å². The van der Waals surface area contributed by atoms with E-state index >= 15 is 4.57 Å². The molecule has 0 atom stereocenters. The van der Waals surface area contributed by atoms with Crippen LogP contribution in [-0.2, 0) is 4.57 Å². The number of para-hydroxylation sites is 4. The van der Waals surface area contributed by atoms with Gasteiger partial charge in [0, 0.05) is 50.0 Å². The van der Waals surface area contributed by atoms with Crippen LogP contribution in [0.1, 0.15) is 0 Å². The van der Waals surface area contributed by atoms with Gasteiger partial charge in [-0.1, -0.05) is 103 Å². The number of benzene rings is 7. The maximum atomic E-state index is 15.5. The molecule has 0 saturated heterocycles. The van der Waals surface area contributed by atoms with Gasteiger partial charge >= 0.3 is 0 Å². The number of rotatable bonds is 7. The van der Waals surface area contributed by atoms with Crippen molar-refractivity contribution in [3.63, 3.8) is 0 Å². The topological polar surface area (TPSA) is 23.6 Å². The fraction of sp³-hybridized carbons (Fsp3) is 0. The second-order valence-corrected chi connectivity index (χ2v) is 14.1. The second kappa shape index (κ2) is 11.7. The molecule has 0 spiro atoms. The van der Waals surface area contributed by atoms with Crippen LogP contribution in [0.2, 0.25) is 0 Å². The molecule has 46 heavy (non-hydrogen) atoms. The second-order valence-electron chi connectivity index (χ2n) is 11.4. The molecule has 0 radical (unpaired) electrons. The Morgan fingerprint density at radius 1 is 0.326 bits per heavy atom. The van der Waals surface area contributed by atoms with Crippen LogP contribution in [-0.4, -0.2) is 0 Å². The molecule has 220 valence electrons. The normalized spacial score (nSPS) is 12.6. The van der Waals surface area contributed by atoms with Crippen molar-refractivity contribution in [3.8, 4) is 11.1 Å². The summed E-state index contributed by atoms with van der Waals surface area (Å²) in [5.74, 6) is 0. The van der Waals surface area contributed by atoms with Crippen LogP contribution < -0.4 is 25.7 Å². The van der Waals surface area contributed by atoms with Crippen LogP contribution in [0.5, 0.6) is 0 Å². The van der Waals surface area contributed by atoms with Crippen LogP contribution in [0.4, 0.5) is 34.1 Å². The van der Waals surface area contributed by atoms with Gasteiger partial charge in [0.1, 0.15) is 0 Å². The third kappa shape index (κ3) is 4.74. The molecule has 7 aromatic rings. The molecule has 0 fully saturated rings. The summed E-state index contributed by atoms with van der Waals surface area (Å²) in [7, 11) is -3.13. The third-order valence-corrected chi connectivity index (χ3v) is 11.8. The Labute approximate surface area is 270 Å². The average molecular weight is 611 g/mol. The maximum absolute atomic E-state index is 15.5. The van der Waals surface area contributed by atoms with E-state index in [9.17, 15) is 0 Å². The molecule has 1 aliphatic rings. The Morgan fingerprint density at radius 3 is 0.957 bits per heavy atom. The van der Waals surface area contributed by atoms with Gasteiger partial charge in [-0.2, -0.15) is 0 Å². The van der Waals surface area contributed by atoms with Crippen molar-refractivity contribution in [1.29, 1.82) is 0 Å². The molecule has 0 N–H and O–H groups in total. The summed E-state index contributed by atoms with van der Waals surface area (Å²) < 4.78 is 15.5. The van der Waals surface area contributed by atoms with Gasteiger partial charge in [-0.25, -0.2) is 0 Å².